The zero-order valence-electron chi connectivity index (χ0n) is 13.2. The van der Waals surface area contributed by atoms with E-state index >= 15 is 0 Å². The largest absolute Gasteiger partial charge is 0.391 e. The highest BCUT2D eigenvalue weighted by atomic mass is 16.5. The van der Waals surface area contributed by atoms with Crippen LogP contribution in [0.4, 0.5) is 5.69 Å². The van der Waals surface area contributed by atoms with Gasteiger partial charge in [0.1, 0.15) is 11.5 Å². The summed E-state index contributed by atoms with van der Waals surface area (Å²) in [5, 5.41) is 14.4. The zero-order chi connectivity index (χ0) is 15.4. The minimum absolute atomic E-state index is 0.331. The number of aliphatic hydroxyl groups excluding tert-OH is 1. The van der Waals surface area contributed by atoms with Crippen LogP contribution in [0.25, 0.3) is 0 Å². The van der Waals surface area contributed by atoms with E-state index in [1.54, 1.807) is 0 Å². The summed E-state index contributed by atoms with van der Waals surface area (Å²) in [6.07, 6.45) is 4.89. The first-order chi connectivity index (χ1) is 10.8. The van der Waals surface area contributed by atoms with Gasteiger partial charge in [0.05, 0.1) is 12.6 Å². The molecular formula is C18H24N2O2. The monoisotopic (exact) mass is 300 g/mol. The first kappa shape index (κ1) is 15.1. The number of para-hydroxylation sites is 1. The second-order valence-electron chi connectivity index (χ2n) is 6.02. The van der Waals surface area contributed by atoms with Crippen LogP contribution in [0.2, 0.25) is 0 Å². The molecule has 0 saturated carbocycles. The Morgan fingerprint density at radius 3 is 2.77 bits per heavy atom. The predicted molar refractivity (Wildman–Crippen MR) is 86.9 cm³/mol. The van der Waals surface area contributed by atoms with Crippen LogP contribution in [0, 0.1) is 0 Å². The molecule has 4 nitrogen and oxygen atoms in total. The Bertz CT molecular complexity index is 594. The van der Waals surface area contributed by atoms with Gasteiger partial charge < -0.3 is 14.5 Å². The lowest BCUT2D eigenvalue weighted by molar-refractivity contribution is 0.175. The Labute approximate surface area is 131 Å². The summed E-state index contributed by atoms with van der Waals surface area (Å²) < 4.78 is 5.52. The van der Waals surface area contributed by atoms with E-state index < -0.39 is 0 Å². The van der Waals surface area contributed by atoms with Gasteiger partial charge in [0.2, 0.25) is 0 Å². The van der Waals surface area contributed by atoms with Crippen LogP contribution in [-0.4, -0.2) is 22.9 Å². The highest BCUT2D eigenvalue weighted by molar-refractivity contribution is 5.47. The third-order valence-electron chi connectivity index (χ3n) is 4.40. The highest BCUT2D eigenvalue weighted by Crippen LogP contribution is 2.26. The van der Waals surface area contributed by atoms with Gasteiger partial charge in [-0.15, -0.1) is 0 Å². The molecule has 1 heterocycles. The molecule has 0 spiro atoms. The lowest BCUT2D eigenvalue weighted by atomic mass is 9.96. The number of hydrogen-bond donors (Lipinski definition) is 1. The second kappa shape index (κ2) is 6.97. The first-order valence-electron chi connectivity index (χ1n) is 8.22. The maximum atomic E-state index is 10.1. The van der Waals surface area contributed by atoms with Gasteiger partial charge in [0, 0.05) is 24.2 Å². The van der Waals surface area contributed by atoms with E-state index in [-0.39, 0.29) is 6.10 Å². The molecule has 3 rings (SSSR count). The molecule has 0 radical (unpaired) electrons. The van der Waals surface area contributed by atoms with Crippen LogP contribution in [0.5, 0.6) is 0 Å². The van der Waals surface area contributed by atoms with E-state index in [2.05, 4.69) is 22.2 Å². The molecule has 1 unspecified atom stereocenters. The Morgan fingerprint density at radius 1 is 1.23 bits per heavy atom. The van der Waals surface area contributed by atoms with Gasteiger partial charge in [0.25, 0.3) is 0 Å². The quantitative estimate of drug-likeness (QED) is 0.889. The Hall–Kier alpha value is -1.81. The molecule has 0 saturated heterocycles. The number of aryl methyl sites for hydroxylation is 1. The summed E-state index contributed by atoms with van der Waals surface area (Å²) in [5.74, 6) is 1.06. The van der Waals surface area contributed by atoms with Crippen molar-refractivity contribution in [3.63, 3.8) is 0 Å². The molecule has 4 heteroatoms. The van der Waals surface area contributed by atoms with Crippen molar-refractivity contribution in [2.75, 3.05) is 11.4 Å². The minimum atomic E-state index is -0.331. The normalized spacial score (nSPS) is 15.4. The summed E-state index contributed by atoms with van der Waals surface area (Å²) in [6, 6.07) is 10.2. The van der Waals surface area contributed by atoms with Crippen molar-refractivity contribution in [2.24, 2.45) is 0 Å². The summed E-state index contributed by atoms with van der Waals surface area (Å²) in [5.41, 5.74) is 3.43. The van der Waals surface area contributed by atoms with Gasteiger partial charge in [-0.2, -0.15) is 0 Å². The molecule has 0 aliphatic heterocycles. The summed E-state index contributed by atoms with van der Waals surface area (Å²) in [4.78, 5) is 2.20. The maximum absolute atomic E-state index is 10.1. The van der Waals surface area contributed by atoms with E-state index in [1.807, 2.05) is 25.1 Å². The van der Waals surface area contributed by atoms with Crippen LogP contribution in [0.15, 0.2) is 34.9 Å². The Kier molecular flexibility index (Phi) is 4.78. The number of benzene rings is 1. The van der Waals surface area contributed by atoms with E-state index in [9.17, 15) is 5.11 Å². The fourth-order valence-corrected chi connectivity index (χ4v) is 3.04. The topological polar surface area (TPSA) is 49.5 Å². The lowest BCUT2D eigenvalue weighted by Gasteiger charge is -2.26. The van der Waals surface area contributed by atoms with Gasteiger partial charge in [-0.1, -0.05) is 30.3 Å². The lowest BCUT2D eigenvalue weighted by Crippen LogP contribution is -2.32. The van der Waals surface area contributed by atoms with Crippen LogP contribution < -0.4 is 4.90 Å². The second-order valence-corrected chi connectivity index (χ2v) is 6.02. The van der Waals surface area contributed by atoms with Crippen LogP contribution in [-0.2, 0) is 19.4 Å². The van der Waals surface area contributed by atoms with Crippen molar-refractivity contribution in [3.8, 4) is 0 Å². The first-order valence-corrected chi connectivity index (χ1v) is 8.22. The molecule has 1 N–H and O–H groups in total. The van der Waals surface area contributed by atoms with Gasteiger partial charge in [-0.25, -0.2) is 0 Å². The summed E-state index contributed by atoms with van der Waals surface area (Å²) >= 11 is 0. The number of fused-ring (bicyclic) bond motifs is 1. The van der Waals surface area contributed by atoms with Gasteiger partial charge in [-0.3, -0.25) is 0 Å². The Morgan fingerprint density at radius 2 is 2.00 bits per heavy atom. The fourth-order valence-electron chi connectivity index (χ4n) is 3.04. The molecule has 2 aromatic rings. The summed E-state index contributed by atoms with van der Waals surface area (Å²) in [7, 11) is 0. The molecule has 1 aromatic carbocycles. The Balaban J connectivity index is 1.82. The molecule has 1 aliphatic carbocycles. The molecule has 1 aliphatic rings. The molecular weight excluding hydrogens is 276 g/mol. The van der Waals surface area contributed by atoms with E-state index in [1.165, 1.54) is 18.4 Å². The number of aromatic nitrogens is 1. The van der Waals surface area contributed by atoms with Gasteiger partial charge in [0.15, 0.2) is 0 Å². The number of nitrogens with zero attached hydrogens (tertiary/aromatic N) is 2. The fraction of sp³-hybridized carbons (Fsp3) is 0.500. The molecule has 0 bridgehead atoms. The van der Waals surface area contributed by atoms with Crippen LogP contribution in [0.1, 0.15) is 43.2 Å². The molecule has 1 atom stereocenters. The van der Waals surface area contributed by atoms with Crippen molar-refractivity contribution in [2.45, 2.75) is 51.7 Å². The van der Waals surface area contributed by atoms with Crippen LogP contribution in [0.3, 0.4) is 0 Å². The SMILES string of the molecule is CCC(O)CN(Cc1noc2c1CCCC2)c1ccccc1. The van der Waals surface area contributed by atoms with Gasteiger partial charge >= 0.3 is 0 Å². The highest BCUT2D eigenvalue weighted by Gasteiger charge is 2.22. The van der Waals surface area contributed by atoms with Crippen molar-refractivity contribution >= 4 is 5.69 Å². The number of hydrogen-bond acceptors (Lipinski definition) is 4. The van der Waals surface area contributed by atoms with Crippen molar-refractivity contribution in [3.05, 3.63) is 47.3 Å². The summed E-state index contributed by atoms with van der Waals surface area (Å²) in [6.45, 7) is 3.31. The molecule has 118 valence electrons. The van der Waals surface area contributed by atoms with E-state index in [4.69, 9.17) is 4.52 Å². The van der Waals surface area contributed by atoms with Crippen molar-refractivity contribution in [1.82, 2.24) is 5.16 Å². The minimum Gasteiger partial charge on any atom is -0.391 e. The molecule has 1 aromatic heterocycles. The predicted octanol–water partition coefficient (Wildman–Crippen LogP) is 3.33. The van der Waals surface area contributed by atoms with Crippen LogP contribution >= 0.6 is 0 Å². The smallest absolute Gasteiger partial charge is 0.140 e. The third kappa shape index (κ3) is 3.33. The molecule has 22 heavy (non-hydrogen) atoms. The third-order valence-corrected chi connectivity index (χ3v) is 4.40. The van der Waals surface area contributed by atoms with E-state index in [0.29, 0.717) is 13.1 Å². The number of aliphatic hydroxyl groups is 1. The number of anilines is 1. The number of rotatable bonds is 6. The zero-order valence-corrected chi connectivity index (χ0v) is 13.2. The van der Waals surface area contributed by atoms with Crippen molar-refractivity contribution < 1.29 is 9.63 Å². The van der Waals surface area contributed by atoms with Crippen molar-refractivity contribution in [1.29, 1.82) is 0 Å². The average Bonchev–Trinajstić information content (AvgIpc) is 2.98. The molecule has 0 fully saturated rings. The molecule has 0 amide bonds. The van der Waals surface area contributed by atoms with E-state index in [0.717, 1.165) is 36.4 Å². The standard InChI is InChI=1S/C18H24N2O2/c1-2-15(21)12-20(14-8-4-3-5-9-14)13-17-16-10-6-7-11-18(16)22-19-17/h3-5,8-9,15,21H,2,6-7,10-13H2,1H3. The maximum Gasteiger partial charge on any atom is 0.140 e. The average molecular weight is 300 g/mol. The van der Waals surface area contributed by atoms with Gasteiger partial charge in [-0.05, 0) is 37.8 Å².